The van der Waals surface area contributed by atoms with Gasteiger partial charge in [0.05, 0.1) is 5.69 Å². The van der Waals surface area contributed by atoms with Crippen molar-refractivity contribution in [2.75, 3.05) is 17.2 Å². The molecule has 2 rings (SSSR count). The van der Waals surface area contributed by atoms with E-state index in [2.05, 4.69) is 29.7 Å². The Morgan fingerprint density at radius 2 is 1.82 bits per heavy atom. The molecule has 2 aromatic rings. The summed E-state index contributed by atoms with van der Waals surface area (Å²) in [6.07, 6.45) is 6.89. The third-order valence-corrected chi connectivity index (χ3v) is 5.60. The number of nitrogens with one attached hydrogen (secondary N) is 2. The Balaban J connectivity index is 2.25. The third kappa shape index (κ3) is 5.96. The standard InChI is InChI=1S/C19H28N4O2S3/c1-2-3-4-5-6-7-11-22(16(13-26)17(24)25)14-9-8-10-15(12-14)23-18(27)20-21-19(23)28/h8-10,12,16,26H,2-7,11,13H2,1H3,(H,20,27)(H,21,28)(H,24,25). The van der Waals surface area contributed by atoms with Crippen LogP contribution in [0.5, 0.6) is 0 Å². The second kappa shape index (κ2) is 11.4. The van der Waals surface area contributed by atoms with Gasteiger partial charge in [0.2, 0.25) is 0 Å². The van der Waals surface area contributed by atoms with Crippen molar-refractivity contribution in [3.05, 3.63) is 33.8 Å². The lowest BCUT2D eigenvalue weighted by atomic mass is 10.1. The molecule has 0 fully saturated rings. The first-order valence-electron chi connectivity index (χ1n) is 9.60. The molecular weight excluding hydrogens is 412 g/mol. The van der Waals surface area contributed by atoms with Crippen LogP contribution in [0.2, 0.25) is 0 Å². The molecule has 6 nitrogen and oxygen atoms in total. The second-order valence-electron chi connectivity index (χ2n) is 6.71. The number of H-pyrrole nitrogens is 2. The van der Waals surface area contributed by atoms with Crippen molar-refractivity contribution in [1.82, 2.24) is 14.8 Å². The maximum absolute atomic E-state index is 11.8. The second-order valence-corrected chi connectivity index (χ2v) is 7.85. The number of carboxylic acid groups (broad SMARTS) is 1. The Kier molecular flexibility index (Phi) is 9.27. The summed E-state index contributed by atoms with van der Waals surface area (Å²) in [7, 11) is 0. The molecule has 154 valence electrons. The molecule has 0 saturated carbocycles. The molecule has 0 aliphatic rings. The van der Waals surface area contributed by atoms with Crippen molar-refractivity contribution in [3.63, 3.8) is 0 Å². The minimum absolute atomic E-state index is 0.235. The van der Waals surface area contributed by atoms with Crippen LogP contribution < -0.4 is 4.90 Å². The zero-order valence-corrected chi connectivity index (χ0v) is 18.6. The van der Waals surface area contributed by atoms with Crippen molar-refractivity contribution in [3.8, 4) is 5.69 Å². The summed E-state index contributed by atoms with van der Waals surface area (Å²) in [6.45, 7) is 2.86. The SMILES string of the molecule is CCCCCCCCN(c1cccc(-n2c(=S)[nH][nH]c2=S)c1)C(CS)C(=O)O. The molecule has 1 heterocycles. The van der Waals surface area contributed by atoms with Gasteiger partial charge in [-0.1, -0.05) is 45.1 Å². The number of benzene rings is 1. The van der Waals surface area contributed by atoms with Gasteiger partial charge in [-0.3, -0.25) is 14.8 Å². The maximum atomic E-state index is 11.8. The number of carbonyl (C=O) groups is 1. The number of thiol groups is 1. The number of aliphatic carboxylic acids is 1. The molecule has 0 amide bonds. The molecule has 0 aliphatic carbocycles. The van der Waals surface area contributed by atoms with E-state index in [4.69, 9.17) is 24.4 Å². The molecule has 9 heteroatoms. The van der Waals surface area contributed by atoms with Crippen molar-refractivity contribution < 1.29 is 9.90 Å². The number of hydrogen-bond donors (Lipinski definition) is 4. The minimum Gasteiger partial charge on any atom is -0.480 e. The summed E-state index contributed by atoms with van der Waals surface area (Å²) in [5, 5.41) is 15.3. The Labute approximate surface area is 181 Å². The summed E-state index contributed by atoms with van der Waals surface area (Å²) in [6, 6.07) is 6.94. The largest absolute Gasteiger partial charge is 0.480 e. The fraction of sp³-hybridized carbons (Fsp3) is 0.526. The Morgan fingerprint density at radius 1 is 1.18 bits per heavy atom. The number of anilines is 1. The van der Waals surface area contributed by atoms with Gasteiger partial charge in [0.15, 0.2) is 9.54 Å². The van der Waals surface area contributed by atoms with Crippen LogP contribution in [-0.2, 0) is 4.79 Å². The van der Waals surface area contributed by atoms with Gasteiger partial charge in [0.1, 0.15) is 6.04 Å². The van der Waals surface area contributed by atoms with Crippen LogP contribution >= 0.6 is 37.1 Å². The highest BCUT2D eigenvalue weighted by molar-refractivity contribution is 7.80. The molecule has 0 radical (unpaired) electrons. The van der Waals surface area contributed by atoms with Gasteiger partial charge in [-0.2, -0.15) is 12.6 Å². The van der Waals surface area contributed by atoms with Gasteiger partial charge < -0.3 is 10.0 Å². The van der Waals surface area contributed by atoms with Crippen LogP contribution in [0.3, 0.4) is 0 Å². The monoisotopic (exact) mass is 440 g/mol. The van der Waals surface area contributed by atoms with Crippen molar-refractivity contribution in [2.24, 2.45) is 0 Å². The first-order chi connectivity index (χ1) is 13.5. The average molecular weight is 441 g/mol. The van der Waals surface area contributed by atoms with Gasteiger partial charge in [-0.25, -0.2) is 4.79 Å². The highest BCUT2D eigenvalue weighted by Crippen LogP contribution is 2.23. The summed E-state index contributed by atoms with van der Waals surface area (Å²) in [5.74, 6) is -0.638. The molecule has 1 aromatic carbocycles. The average Bonchev–Trinajstić information content (AvgIpc) is 3.01. The fourth-order valence-corrected chi connectivity index (χ4v) is 4.10. The zero-order chi connectivity index (χ0) is 20.5. The van der Waals surface area contributed by atoms with Gasteiger partial charge in [0, 0.05) is 18.0 Å². The van der Waals surface area contributed by atoms with E-state index in [9.17, 15) is 9.90 Å². The van der Waals surface area contributed by atoms with Crippen LogP contribution in [-0.4, -0.2) is 44.2 Å². The smallest absolute Gasteiger partial charge is 0.327 e. The number of unbranched alkanes of at least 4 members (excludes halogenated alkanes) is 5. The lowest BCUT2D eigenvalue weighted by Crippen LogP contribution is -2.43. The van der Waals surface area contributed by atoms with E-state index in [1.54, 1.807) is 4.57 Å². The quantitative estimate of drug-likeness (QED) is 0.209. The highest BCUT2D eigenvalue weighted by Gasteiger charge is 2.24. The van der Waals surface area contributed by atoms with Gasteiger partial charge in [0.25, 0.3) is 0 Å². The number of carboxylic acids is 1. The van der Waals surface area contributed by atoms with E-state index in [1.807, 2.05) is 29.2 Å². The van der Waals surface area contributed by atoms with E-state index in [0.717, 1.165) is 24.2 Å². The lowest BCUT2D eigenvalue weighted by Gasteiger charge is -2.30. The van der Waals surface area contributed by atoms with E-state index < -0.39 is 12.0 Å². The third-order valence-electron chi connectivity index (χ3n) is 4.69. The van der Waals surface area contributed by atoms with Crippen LogP contribution in [0.25, 0.3) is 5.69 Å². The molecule has 1 aromatic heterocycles. The molecular formula is C19H28N4O2S3. The van der Waals surface area contributed by atoms with Crippen LogP contribution in [0.1, 0.15) is 45.4 Å². The number of aromatic amines is 2. The molecule has 0 spiro atoms. The number of nitrogens with zero attached hydrogens (tertiary/aromatic N) is 2. The molecule has 28 heavy (non-hydrogen) atoms. The van der Waals surface area contributed by atoms with E-state index in [1.165, 1.54) is 25.7 Å². The van der Waals surface area contributed by atoms with Gasteiger partial charge in [-0.15, -0.1) is 0 Å². The van der Waals surface area contributed by atoms with Crippen LogP contribution in [0, 0.1) is 9.54 Å². The van der Waals surface area contributed by atoms with E-state index >= 15 is 0 Å². The Morgan fingerprint density at radius 3 is 2.43 bits per heavy atom. The van der Waals surface area contributed by atoms with Crippen molar-refractivity contribution >= 4 is 48.7 Å². The topological polar surface area (TPSA) is 77.0 Å². The van der Waals surface area contributed by atoms with Crippen molar-refractivity contribution in [2.45, 2.75) is 51.5 Å². The van der Waals surface area contributed by atoms with Gasteiger partial charge in [-0.05, 0) is 49.1 Å². The summed E-state index contributed by atoms with van der Waals surface area (Å²) >= 11 is 14.9. The molecule has 1 atom stereocenters. The van der Waals surface area contributed by atoms with Crippen LogP contribution in [0.15, 0.2) is 24.3 Å². The summed E-state index contributed by atoms with van der Waals surface area (Å²) < 4.78 is 2.65. The normalized spacial score (nSPS) is 12.1. The lowest BCUT2D eigenvalue weighted by molar-refractivity contribution is -0.138. The molecule has 3 N–H and O–H groups in total. The van der Waals surface area contributed by atoms with Gasteiger partial charge >= 0.3 is 5.97 Å². The Bertz CT molecular complexity index is 847. The van der Waals surface area contributed by atoms with E-state index in [0.29, 0.717) is 16.1 Å². The first-order valence-corrected chi connectivity index (χ1v) is 11.0. The predicted octanol–water partition coefficient (Wildman–Crippen LogP) is 5.14. The van der Waals surface area contributed by atoms with Crippen LogP contribution in [0.4, 0.5) is 5.69 Å². The number of rotatable bonds is 12. The molecule has 1 unspecified atom stereocenters. The predicted molar refractivity (Wildman–Crippen MR) is 122 cm³/mol. The van der Waals surface area contributed by atoms with E-state index in [-0.39, 0.29) is 5.75 Å². The fourth-order valence-electron chi connectivity index (χ4n) is 3.19. The van der Waals surface area contributed by atoms with Crippen molar-refractivity contribution in [1.29, 1.82) is 0 Å². The highest BCUT2D eigenvalue weighted by atomic mass is 32.1. The molecule has 0 aliphatic heterocycles. The number of aromatic nitrogens is 3. The maximum Gasteiger partial charge on any atom is 0.327 e. The summed E-state index contributed by atoms with van der Waals surface area (Å²) in [4.78, 5) is 13.7. The molecule has 0 bridgehead atoms. The Hall–Kier alpha value is -1.58. The first kappa shape index (κ1) is 22.7. The minimum atomic E-state index is -0.873. The number of hydrogen-bond acceptors (Lipinski definition) is 5. The summed E-state index contributed by atoms with van der Waals surface area (Å²) in [5.41, 5.74) is 1.62. The zero-order valence-electron chi connectivity index (χ0n) is 16.1. The molecule has 0 saturated heterocycles.